The van der Waals surface area contributed by atoms with Gasteiger partial charge in [-0.25, -0.2) is 9.59 Å². The van der Waals surface area contributed by atoms with E-state index in [0.29, 0.717) is 5.56 Å². The summed E-state index contributed by atoms with van der Waals surface area (Å²) < 4.78 is 0. The number of carboxylic acids is 2. The average molecular weight is 343 g/mol. The molecular weight excluding hydrogens is 322 g/mol. The quantitative estimate of drug-likeness (QED) is 0.727. The number of aliphatic carboxylic acids is 1. The fourth-order valence-corrected chi connectivity index (χ4v) is 2.21. The Morgan fingerprint density at radius 1 is 1.20 bits per heavy atom. The summed E-state index contributed by atoms with van der Waals surface area (Å²) in [5.74, 6) is -2.18. The number of hydrogen-bond donors (Lipinski definition) is 3. The average Bonchev–Trinajstić information content (AvgIpc) is 2.56. The molecule has 1 aliphatic rings. The number of primary amides is 1. The van der Waals surface area contributed by atoms with E-state index < -0.39 is 11.9 Å². The molecule has 0 aliphatic heterocycles. The molecule has 1 amide bonds. The lowest BCUT2D eigenvalue weighted by Gasteiger charge is -2.21. The minimum atomic E-state index is -1.06. The van der Waals surface area contributed by atoms with Gasteiger partial charge in [-0.15, -0.1) is 0 Å². The molecule has 2 unspecified atom stereocenters. The molecule has 1 aliphatic carbocycles. The topological polar surface area (TPSA) is 118 Å². The van der Waals surface area contributed by atoms with Gasteiger partial charge in [0, 0.05) is 6.08 Å². The van der Waals surface area contributed by atoms with Crippen LogP contribution in [0.2, 0.25) is 0 Å². The van der Waals surface area contributed by atoms with Gasteiger partial charge in [-0.05, 0) is 36.6 Å². The second-order valence-electron chi connectivity index (χ2n) is 5.61. The lowest BCUT2D eigenvalue weighted by atomic mass is 9.84. The first-order valence-corrected chi connectivity index (χ1v) is 7.61. The van der Waals surface area contributed by atoms with Crippen LogP contribution in [0.1, 0.15) is 29.8 Å². The summed E-state index contributed by atoms with van der Waals surface area (Å²) in [6, 6.07) is 6.04. The Morgan fingerprint density at radius 2 is 1.88 bits per heavy atom. The minimum absolute atomic E-state index is 0.111. The van der Waals surface area contributed by atoms with Crippen molar-refractivity contribution in [1.82, 2.24) is 0 Å². The highest BCUT2D eigenvalue weighted by Gasteiger charge is 2.22. The van der Waals surface area contributed by atoms with Gasteiger partial charge < -0.3 is 15.9 Å². The molecule has 25 heavy (non-hydrogen) atoms. The molecule has 4 N–H and O–H groups in total. The van der Waals surface area contributed by atoms with Crippen molar-refractivity contribution in [2.75, 3.05) is 0 Å². The van der Waals surface area contributed by atoms with E-state index in [1.807, 2.05) is 32.1 Å². The van der Waals surface area contributed by atoms with Crippen molar-refractivity contribution in [2.24, 2.45) is 17.6 Å². The van der Waals surface area contributed by atoms with Gasteiger partial charge >= 0.3 is 11.9 Å². The third-order valence-electron chi connectivity index (χ3n) is 3.81. The van der Waals surface area contributed by atoms with Crippen LogP contribution < -0.4 is 5.73 Å². The molecular formula is C19H21NO5. The monoisotopic (exact) mass is 343 g/mol. The first-order valence-electron chi connectivity index (χ1n) is 7.61. The molecule has 132 valence electrons. The molecule has 0 spiro atoms. The number of nitrogens with two attached hydrogens (primary N) is 1. The molecule has 0 radical (unpaired) electrons. The number of amides is 1. The smallest absolute Gasteiger partial charge is 0.335 e. The summed E-state index contributed by atoms with van der Waals surface area (Å²) >= 11 is 0. The summed E-state index contributed by atoms with van der Waals surface area (Å²) in [6.45, 7) is 4.04. The Hall–Kier alpha value is -3.15. The number of carbonyl (C=O) groups is 3. The largest absolute Gasteiger partial charge is 0.478 e. The normalized spacial score (nSPS) is 18.9. The Labute approximate surface area is 146 Å². The van der Waals surface area contributed by atoms with Crippen molar-refractivity contribution in [2.45, 2.75) is 13.8 Å². The van der Waals surface area contributed by atoms with Crippen LogP contribution in [0.25, 0.3) is 6.08 Å². The fourth-order valence-electron chi connectivity index (χ4n) is 2.21. The zero-order valence-electron chi connectivity index (χ0n) is 14.0. The lowest BCUT2D eigenvalue weighted by molar-refractivity contribution is -0.131. The van der Waals surface area contributed by atoms with E-state index in [0.717, 1.165) is 6.08 Å². The van der Waals surface area contributed by atoms with E-state index in [9.17, 15) is 14.4 Å². The summed E-state index contributed by atoms with van der Waals surface area (Å²) in [5.41, 5.74) is 7.11. The number of hydrogen-bond acceptors (Lipinski definition) is 3. The zero-order valence-corrected chi connectivity index (χ0v) is 14.0. The van der Waals surface area contributed by atoms with Crippen molar-refractivity contribution in [1.29, 1.82) is 0 Å². The number of carboxylic acid groups (broad SMARTS) is 2. The predicted octanol–water partition coefficient (Wildman–Crippen LogP) is 2.72. The highest BCUT2D eigenvalue weighted by atomic mass is 16.4. The van der Waals surface area contributed by atoms with E-state index in [2.05, 4.69) is 0 Å². The van der Waals surface area contributed by atoms with Gasteiger partial charge in [0.25, 0.3) is 0 Å². The van der Waals surface area contributed by atoms with Crippen molar-refractivity contribution in [3.05, 3.63) is 65.3 Å². The first-order chi connectivity index (χ1) is 11.7. The van der Waals surface area contributed by atoms with Crippen molar-refractivity contribution < 1.29 is 24.6 Å². The maximum absolute atomic E-state index is 10.9. The van der Waals surface area contributed by atoms with E-state index >= 15 is 0 Å². The highest BCUT2D eigenvalue weighted by molar-refractivity contribution is 5.89. The van der Waals surface area contributed by atoms with Crippen molar-refractivity contribution >= 4 is 23.9 Å². The van der Waals surface area contributed by atoms with E-state index in [-0.39, 0.29) is 23.3 Å². The summed E-state index contributed by atoms with van der Waals surface area (Å²) in [5, 5.41) is 17.0. The van der Waals surface area contributed by atoms with E-state index in [1.54, 1.807) is 12.1 Å². The Bertz CT molecular complexity index is 746. The Kier molecular flexibility index (Phi) is 7.34. The number of benzene rings is 1. The van der Waals surface area contributed by atoms with Crippen LogP contribution >= 0.6 is 0 Å². The third kappa shape index (κ3) is 6.47. The second-order valence-corrected chi connectivity index (χ2v) is 5.61. The van der Waals surface area contributed by atoms with Gasteiger partial charge in [0.2, 0.25) is 5.91 Å². The van der Waals surface area contributed by atoms with Crippen LogP contribution in [0.5, 0.6) is 0 Å². The van der Waals surface area contributed by atoms with Crippen molar-refractivity contribution in [3.63, 3.8) is 0 Å². The molecule has 6 nitrogen and oxygen atoms in total. The first kappa shape index (κ1) is 19.9. The molecule has 1 aromatic carbocycles. The van der Waals surface area contributed by atoms with Crippen LogP contribution in [0.15, 0.2) is 54.1 Å². The van der Waals surface area contributed by atoms with Crippen LogP contribution in [0.4, 0.5) is 0 Å². The van der Waals surface area contributed by atoms with Gasteiger partial charge in [0.1, 0.15) is 0 Å². The van der Waals surface area contributed by atoms with E-state index in [1.165, 1.54) is 23.8 Å². The molecule has 0 fully saturated rings. The summed E-state index contributed by atoms with van der Waals surface area (Å²) in [7, 11) is 0. The zero-order chi connectivity index (χ0) is 19.0. The SMILES string of the molecule is CC1=CC=CC(C(N)=O)C1C.O=C(O)C=Cc1cccc(C(=O)O)c1. The number of rotatable bonds is 4. The molecule has 0 aromatic heterocycles. The number of carbonyl (C=O) groups excluding carboxylic acids is 1. The van der Waals surface area contributed by atoms with Crippen LogP contribution in [-0.2, 0) is 9.59 Å². The molecule has 0 saturated carbocycles. The summed E-state index contributed by atoms with van der Waals surface area (Å²) in [4.78, 5) is 31.6. The van der Waals surface area contributed by atoms with Gasteiger partial charge in [-0.3, -0.25) is 4.79 Å². The Morgan fingerprint density at radius 3 is 2.40 bits per heavy atom. The maximum Gasteiger partial charge on any atom is 0.335 e. The van der Waals surface area contributed by atoms with Crippen LogP contribution in [0.3, 0.4) is 0 Å². The third-order valence-corrected chi connectivity index (χ3v) is 3.81. The fraction of sp³-hybridized carbons (Fsp3) is 0.211. The van der Waals surface area contributed by atoms with Gasteiger partial charge in [-0.2, -0.15) is 0 Å². The maximum atomic E-state index is 10.9. The van der Waals surface area contributed by atoms with Gasteiger partial charge in [-0.1, -0.05) is 42.9 Å². The minimum Gasteiger partial charge on any atom is -0.478 e. The molecule has 2 rings (SSSR count). The predicted molar refractivity (Wildman–Crippen MR) is 94.8 cm³/mol. The number of allylic oxidation sites excluding steroid dienone is 3. The molecule has 1 aromatic rings. The van der Waals surface area contributed by atoms with Crippen LogP contribution in [0, 0.1) is 11.8 Å². The molecule has 0 bridgehead atoms. The van der Waals surface area contributed by atoms with Gasteiger partial charge in [0.15, 0.2) is 0 Å². The molecule has 0 heterocycles. The molecule has 2 atom stereocenters. The lowest BCUT2D eigenvalue weighted by Crippen LogP contribution is -2.28. The van der Waals surface area contributed by atoms with Gasteiger partial charge in [0.05, 0.1) is 11.5 Å². The molecule has 6 heteroatoms. The summed E-state index contributed by atoms with van der Waals surface area (Å²) in [6.07, 6.45) is 8.07. The highest BCUT2D eigenvalue weighted by Crippen LogP contribution is 2.24. The Balaban J connectivity index is 0.000000257. The van der Waals surface area contributed by atoms with Crippen LogP contribution in [-0.4, -0.2) is 28.1 Å². The second kappa shape index (κ2) is 9.22. The standard InChI is InChI=1S/C10H8O4.C9H13NO/c11-9(12)5-4-7-2-1-3-8(6-7)10(13)14;1-6-4-3-5-8(7(6)2)9(10)11/h1-6H,(H,11,12)(H,13,14);3-5,7-8H,1-2H3,(H2,10,11). The van der Waals surface area contributed by atoms with E-state index in [4.69, 9.17) is 15.9 Å². The number of aromatic carboxylic acids is 1. The van der Waals surface area contributed by atoms with Crippen molar-refractivity contribution in [3.8, 4) is 0 Å². The molecule has 0 saturated heterocycles.